The van der Waals surface area contributed by atoms with E-state index >= 15 is 0 Å². The van der Waals surface area contributed by atoms with Crippen LogP contribution in [0.1, 0.15) is 24.5 Å². The molecule has 5 nitrogen and oxygen atoms in total. The number of ether oxygens (including phenoxy) is 1. The van der Waals surface area contributed by atoms with Crippen molar-refractivity contribution in [3.63, 3.8) is 0 Å². The molecule has 15 heavy (non-hydrogen) atoms. The Labute approximate surface area is 87.8 Å². The highest BCUT2D eigenvalue weighted by atomic mass is 16.5. The van der Waals surface area contributed by atoms with Gasteiger partial charge in [0.25, 0.3) is 0 Å². The molecule has 0 amide bonds. The van der Waals surface area contributed by atoms with Crippen molar-refractivity contribution in [1.29, 1.82) is 0 Å². The first-order valence-corrected chi connectivity index (χ1v) is 5.00. The average Bonchev–Trinajstić information content (AvgIpc) is 2.62. The lowest BCUT2D eigenvalue weighted by Gasteiger charge is -2.20. The normalized spacial score (nSPS) is 17.4. The van der Waals surface area contributed by atoms with E-state index in [-0.39, 0.29) is 0 Å². The summed E-state index contributed by atoms with van der Waals surface area (Å²) < 4.78 is 6.97. The number of rotatable bonds is 2. The van der Waals surface area contributed by atoms with Gasteiger partial charge in [-0.1, -0.05) is 0 Å². The zero-order chi connectivity index (χ0) is 10.7. The largest absolute Gasteiger partial charge is 0.381 e. The second kappa shape index (κ2) is 4.38. The maximum Gasteiger partial charge on any atom is 0.240 e. The number of hydrogen-bond acceptors (Lipinski definition) is 4. The Morgan fingerprint density at radius 2 is 2.33 bits per heavy atom. The molecule has 1 aliphatic heterocycles. The van der Waals surface area contributed by atoms with Crippen LogP contribution in [0.3, 0.4) is 0 Å². The number of aliphatic imine (C=N–C) groups is 1. The number of carbonyl (C=O) groups excluding carboxylic acids is 1. The highest BCUT2D eigenvalue weighted by Crippen LogP contribution is 2.32. The van der Waals surface area contributed by atoms with Gasteiger partial charge in [-0.2, -0.15) is 10.1 Å². The first-order chi connectivity index (χ1) is 7.31. The fraction of sp³-hybridized carbons (Fsp3) is 0.600. The highest BCUT2D eigenvalue weighted by Gasteiger charge is 2.21. The molecule has 0 N–H and O–H groups in total. The predicted octanol–water partition coefficient (Wildman–Crippen LogP) is 1.28. The lowest BCUT2D eigenvalue weighted by molar-refractivity contribution is 0.0845. The molecule has 0 spiro atoms. The van der Waals surface area contributed by atoms with E-state index < -0.39 is 0 Å². The SMILES string of the molecule is Cn1cc(N=C=O)c(C2CCOCC2)n1. The summed E-state index contributed by atoms with van der Waals surface area (Å²) in [6, 6.07) is 0. The third-order valence-electron chi connectivity index (χ3n) is 2.61. The zero-order valence-electron chi connectivity index (χ0n) is 8.64. The summed E-state index contributed by atoms with van der Waals surface area (Å²) in [5.74, 6) is 0.354. The van der Waals surface area contributed by atoms with Crippen LogP contribution in [-0.4, -0.2) is 29.1 Å². The molecule has 0 saturated carbocycles. The molecule has 5 heteroatoms. The molecule has 1 aliphatic rings. The van der Waals surface area contributed by atoms with E-state index in [9.17, 15) is 4.79 Å². The molecule has 1 saturated heterocycles. The molecule has 0 unspecified atom stereocenters. The second-order valence-corrected chi connectivity index (χ2v) is 3.66. The van der Waals surface area contributed by atoms with E-state index in [4.69, 9.17) is 4.74 Å². The predicted molar refractivity (Wildman–Crippen MR) is 53.8 cm³/mol. The number of isocyanates is 1. The molecule has 0 radical (unpaired) electrons. The lowest BCUT2D eigenvalue weighted by atomic mass is 9.96. The fourth-order valence-electron chi connectivity index (χ4n) is 1.89. The Balaban J connectivity index is 2.28. The van der Waals surface area contributed by atoms with Crippen LogP contribution in [0, 0.1) is 0 Å². The topological polar surface area (TPSA) is 56.5 Å². The minimum Gasteiger partial charge on any atom is -0.381 e. The van der Waals surface area contributed by atoms with E-state index in [2.05, 4.69) is 10.1 Å². The standard InChI is InChI=1S/C10H13N3O2/c1-13-6-9(11-7-14)10(12-13)8-2-4-15-5-3-8/h6,8H,2-5H2,1H3. The monoisotopic (exact) mass is 207 g/mol. The fourth-order valence-corrected chi connectivity index (χ4v) is 1.89. The van der Waals surface area contributed by atoms with Crippen LogP contribution in [-0.2, 0) is 16.6 Å². The van der Waals surface area contributed by atoms with E-state index in [1.54, 1.807) is 17.0 Å². The van der Waals surface area contributed by atoms with Crippen LogP contribution in [0.4, 0.5) is 5.69 Å². The minimum absolute atomic E-state index is 0.354. The van der Waals surface area contributed by atoms with Crippen molar-refractivity contribution in [2.24, 2.45) is 12.0 Å². The maximum atomic E-state index is 10.3. The Morgan fingerprint density at radius 1 is 1.60 bits per heavy atom. The Morgan fingerprint density at radius 3 is 3.00 bits per heavy atom. The van der Waals surface area contributed by atoms with E-state index in [0.717, 1.165) is 31.7 Å². The van der Waals surface area contributed by atoms with Gasteiger partial charge in [0, 0.05) is 26.2 Å². The first-order valence-electron chi connectivity index (χ1n) is 5.00. The van der Waals surface area contributed by atoms with Crippen molar-refractivity contribution in [2.45, 2.75) is 18.8 Å². The Hall–Kier alpha value is -1.45. The molecule has 0 aromatic carbocycles. The van der Waals surface area contributed by atoms with Gasteiger partial charge in [0.2, 0.25) is 6.08 Å². The van der Waals surface area contributed by atoms with E-state index in [1.165, 1.54) is 0 Å². The first kappa shape index (κ1) is 10.1. The molecule has 2 rings (SSSR count). The molecule has 0 aliphatic carbocycles. The summed E-state index contributed by atoms with van der Waals surface area (Å²) in [6.07, 6.45) is 5.20. The van der Waals surface area contributed by atoms with Crippen molar-refractivity contribution >= 4 is 11.8 Å². The number of hydrogen-bond donors (Lipinski definition) is 0. The summed E-state index contributed by atoms with van der Waals surface area (Å²) in [5, 5.41) is 4.34. The van der Waals surface area contributed by atoms with Crippen molar-refractivity contribution in [3.8, 4) is 0 Å². The van der Waals surface area contributed by atoms with E-state index in [0.29, 0.717) is 11.6 Å². The molecule has 1 aromatic rings. The van der Waals surface area contributed by atoms with Crippen LogP contribution in [0.5, 0.6) is 0 Å². The van der Waals surface area contributed by atoms with E-state index in [1.807, 2.05) is 7.05 Å². The summed E-state index contributed by atoms with van der Waals surface area (Å²) in [4.78, 5) is 13.9. The highest BCUT2D eigenvalue weighted by molar-refractivity contribution is 5.51. The van der Waals surface area contributed by atoms with Crippen LogP contribution in [0.25, 0.3) is 0 Å². The molecule has 0 atom stereocenters. The van der Waals surface area contributed by atoms with Gasteiger partial charge in [0.15, 0.2) is 0 Å². The molecule has 2 heterocycles. The summed E-state index contributed by atoms with van der Waals surface area (Å²) in [6.45, 7) is 1.51. The van der Waals surface area contributed by atoms with Gasteiger partial charge in [0.05, 0.1) is 11.9 Å². The van der Waals surface area contributed by atoms with Gasteiger partial charge < -0.3 is 4.74 Å². The van der Waals surface area contributed by atoms with Crippen molar-refractivity contribution < 1.29 is 9.53 Å². The Bertz CT molecular complexity index is 387. The zero-order valence-corrected chi connectivity index (χ0v) is 8.64. The van der Waals surface area contributed by atoms with Gasteiger partial charge in [-0.25, -0.2) is 4.79 Å². The molecule has 1 aromatic heterocycles. The smallest absolute Gasteiger partial charge is 0.240 e. The third kappa shape index (κ3) is 2.14. The summed E-state index contributed by atoms with van der Waals surface area (Å²) in [5.41, 5.74) is 1.53. The van der Waals surface area contributed by atoms with Crippen LogP contribution in [0.15, 0.2) is 11.2 Å². The average molecular weight is 207 g/mol. The maximum absolute atomic E-state index is 10.3. The van der Waals surface area contributed by atoms with Gasteiger partial charge in [-0.3, -0.25) is 4.68 Å². The molecular formula is C10H13N3O2. The van der Waals surface area contributed by atoms with Crippen LogP contribution < -0.4 is 0 Å². The van der Waals surface area contributed by atoms with Crippen LogP contribution >= 0.6 is 0 Å². The number of nitrogens with zero attached hydrogens (tertiary/aromatic N) is 3. The van der Waals surface area contributed by atoms with Crippen molar-refractivity contribution in [2.75, 3.05) is 13.2 Å². The number of aromatic nitrogens is 2. The Kier molecular flexibility index (Phi) is 2.94. The number of aryl methyl sites for hydroxylation is 1. The van der Waals surface area contributed by atoms with Gasteiger partial charge in [0.1, 0.15) is 5.69 Å². The van der Waals surface area contributed by atoms with Gasteiger partial charge in [-0.05, 0) is 12.8 Å². The van der Waals surface area contributed by atoms with Crippen molar-refractivity contribution in [3.05, 3.63) is 11.9 Å². The summed E-state index contributed by atoms with van der Waals surface area (Å²) in [7, 11) is 1.83. The molecular weight excluding hydrogens is 194 g/mol. The molecule has 80 valence electrons. The third-order valence-corrected chi connectivity index (χ3v) is 2.61. The minimum atomic E-state index is 0.354. The molecule has 0 bridgehead atoms. The summed E-state index contributed by atoms with van der Waals surface area (Å²) >= 11 is 0. The van der Waals surface area contributed by atoms with Gasteiger partial charge >= 0.3 is 0 Å². The quantitative estimate of drug-likeness (QED) is 0.542. The second-order valence-electron chi connectivity index (χ2n) is 3.66. The van der Waals surface area contributed by atoms with Crippen molar-refractivity contribution in [1.82, 2.24) is 9.78 Å². The van der Waals surface area contributed by atoms with Crippen LogP contribution in [0.2, 0.25) is 0 Å². The molecule has 1 fully saturated rings. The van der Waals surface area contributed by atoms with Gasteiger partial charge in [-0.15, -0.1) is 0 Å². The lowest BCUT2D eigenvalue weighted by Crippen LogP contribution is -2.14.